The van der Waals surface area contributed by atoms with E-state index in [1.54, 1.807) is 0 Å². The molecule has 2 N–H and O–H groups in total. The number of likely N-dealkylation sites (tertiary alicyclic amines) is 1. The number of anilines is 2. The second-order valence-electron chi connectivity index (χ2n) is 8.75. The third-order valence-electron chi connectivity index (χ3n) is 6.61. The largest absolute Gasteiger partial charge is 0.394 e. The van der Waals surface area contributed by atoms with Crippen molar-refractivity contribution in [2.75, 3.05) is 36.5 Å². The summed E-state index contributed by atoms with van der Waals surface area (Å²) in [4.78, 5) is 17.9. The van der Waals surface area contributed by atoms with Gasteiger partial charge in [-0.25, -0.2) is 0 Å². The zero-order chi connectivity index (χ0) is 22.6. The predicted octanol–water partition coefficient (Wildman–Crippen LogP) is 3.70. The fraction of sp³-hybridized carbons (Fsp3) is 0.400. The molecule has 1 unspecified atom stereocenters. The summed E-state index contributed by atoms with van der Waals surface area (Å²) in [6.07, 6.45) is 2.91. The molecule has 1 saturated heterocycles. The average molecular weight is 465 g/mol. The van der Waals surface area contributed by atoms with Gasteiger partial charge in [-0.1, -0.05) is 54.6 Å². The van der Waals surface area contributed by atoms with Crippen LogP contribution in [0, 0.1) is 0 Å². The van der Waals surface area contributed by atoms with Crippen LogP contribution in [0.2, 0.25) is 5.28 Å². The molecule has 7 nitrogen and oxygen atoms in total. The molecule has 0 saturated carbocycles. The molecule has 2 aliphatic heterocycles. The third kappa shape index (κ3) is 5.11. The highest BCUT2D eigenvalue weighted by Gasteiger charge is 2.29. The Kier molecular flexibility index (Phi) is 6.71. The second kappa shape index (κ2) is 10.0. The zero-order valence-corrected chi connectivity index (χ0v) is 19.3. The lowest BCUT2D eigenvalue weighted by atomic mass is 9.93. The van der Waals surface area contributed by atoms with Gasteiger partial charge in [0.1, 0.15) is 0 Å². The van der Waals surface area contributed by atoms with Crippen molar-refractivity contribution in [1.29, 1.82) is 0 Å². The van der Waals surface area contributed by atoms with Crippen LogP contribution in [0.15, 0.2) is 54.6 Å². The topological polar surface area (TPSA) is 77.4 Å². The highest BCUT2D eigenvalue weighted by atomic mass is 35.5. The first-order chi connectivity index (χ1) is 16.2. The second-order valence-corrected chi connectivity index (χ2v) is 9.09. The molecule has 1 fully saturated rings. The smallest absolute Gasteiger partial charge is 0.232 e. The van der Waals surface area contributed by atoms with E-state index < -0.39 is 0 Å². The molecule has 1 aromatic heterocycles. The van der Waals surface area contributed by atoms with Gasteiger partial charge < -0.3 is 15.3 Å². The fourth-order valence-corrected chi connectivity index (χ4v) is 5.04. The minimum Gasteiger partial charge on any atom is -0.394 e. The number of piperidine rings is 1. The van der Waals surface area contributed by atoms with Crippen LogP contribution in [0.5, 0.6) is 0 Å². The van der Waals surface area contributed by atoms with Crippen LogP contribution in [0.1, 0.15) is 35.6 Å². The molecule has 5 rings (SSSR count). The van der Waals surface area contributed by atoms with Crippen LogP contribution < -0.4 is 10.2 Å². The Morgan fingerprint density at radius 1 is 0.939 bits per heavy atom. The molecule has 1 atom stereocenters. The minimum absolute atomic E-state index is 0.0110. The van der Waals surface area contributed by atoms with Gasteiger partial charge in [-0.3, -0.25) is 4.90 Å². The quantitative estimate of drug-likeness (QED) is 0.576. The third-order valence-corrected chi connectivity index (χ3v) is 6.78. The number of benzene rings is 2. The van der Waals surface area contributed by atoms with Gasteiger partial charge >= 0.3 is 0 Å². The highest BCUT2D eigenvalue weighted by Crippen LogP contribution is 2.32. The molecule has 8 heteroatoms. The number of fused-ring (bicyclic) bond motifs is 1. The summed E-state index contributed by atoms with van der Waals surface area (Å²) >= 11 is 6.29. The monoisotopic (exact) mass is 464 g/mol. The number of nitrogens with zero attached hydrogens (tertiary/aromatic N) is 5. The Bertz CT molecular complexity index is 1070. The Labute approximate surface area is 199 Å². The van der Waals surface area contributed by atoms with Gasteiger partial charge in [0.05, 0.1) is 12.6 Å². The Balaban J connectivity index is 1.25. The van der Waals surface area contributed by atoms with Crippen molar-refractivity contribution in [1.82, 2.24) is 19.9 Å². The van der Waals surface area contributed by atoms with E-state index in [9.17, 15) is 5.11 Å². The maximum atomic E-state index is 10.1. The van der Waals surface area contributed by atoms with Gasteiger partial charge in [-0.15, -0.1) is 0 Å². The lowest BCUT2D eigenvalue weighted by Crippen LogP contribution is -2.40. The van der Waals surface area contributed by atoms with E-state index in [4.69, 9.17) is 16.6 Å². The van der Waals surface area contributed by atoms with Gasteiger partial charge in [0.2, 0.25) is 17.2 Å². The number of hydrogen-bond acceptors (Lipinski definition) is 7. The van der Waals surface area contributed by atoms with Gasteiger partial charge in [-0.2, -0.15) is 15.0 Å². The van der Waals surface area contributed by atoms with Gasteiger partial charge in [0.15, 0.2) is 0 Å². The molecule has 3 heterocycles. The fourth-order valence-electron chi connectivity index (χ4n) is 4.88. The first kappa shape index (κ1) is 22.1. The molecule has 0 aliphatic carbocycles. The van der Waals surface area contributed by atoms with E-state index in [2.05, 4.69) is 62.6 Å². The maximum absolute atomic E-state index is 10.1. The summed E-state index contributed by atoms with van der Waals surface area (Å²) < 4.78 is 0. The van der Waals surface area contributed by atoms with Crippen molar-refractivity contribution < 1.29 is 5.11 Å². The van der Waals surface area contributed by atoms with Crippen molar-refractivity contribution in [2.24, 2.45) is 0 Å². The molecule has 0 amide bonds. The summed E-state index contributed by atoms with van der Waals surface area (Å²) in [5, 5.41) is 13.8. The first-order valence-electron chi connectivity index (χ1n) is 11.6. The normalized spacial score (nSPS) is 19.3. The van der Waals surface area contributed by atoms with Crippen LogP contribution in [0.25, 0.3) is 0 Å². The minimum atomic E-state index is -0.192. The standard InChI is InChI=1S/C25H29ClN6O/c26-23-28-24(27-20-11-13-31(14-12-20)16-18-6-2-1-3-7-18)30-25(29-23)32-15-10-19-8-4-5-9-21(19)22(32)17-33/h1-9,20,22,33H,10-17H2,(H,27,28,29,30). The first-order valence-corrected chi connectivity index (χ1v) is 12.0. The molecular weight excluding hydrogens is 436 g/mol. The SMILES string of the molecule is OCC1c2ccccc2CCN1c1nc(Cl)nc(NC2CCN(Cc3ccccc3)CC2)n1. The highest BCUT2D eigenvalue weighted by molar-refractivity contribution is 6.28. The molecule has 2 aromatic carbocycles. The maximum Gasteiger partial charge on any atom is 0.232 e. The van der Waals surface area contributed by atoms with E-state index in [0.717, 1.165) is 51.0 Å². The summed E-state index contributed by atoms with van der Waals surface area (Å²) in [7, 11) is 0. The molecule has 0 radical (unpaired) electrons. The Hall–Kier alpha value is -2.74. The van der Waals surface area contributed by atoms with E-state index in [-0.39, 0.29) is 17.9 Å². The van der Waals surface area contributed by atoms with Gasteiger partial charge in [0, 0.05) is 32.2 Å². The van der Waals surface area contributed by atoms with E-state index in [1.165, 1.54) is 11.1 Å². The van der Waals surface area contributed by atoms with Crippen molar-refractivity contribution in [3.05, 3.63) is 76.6 Å². The lowest BCUT2D eigenvalue weighted by molar-refractivity contribution is 0.211. The molecule has 3 aromatic rings. The number of nitrogens with one attached hydrogen (secondary N) is 1. The number of rotatable bonds is 6. The van der Waals surface area contributed by atoms with Crippen LogP contribution in [-0.4, -0.2) is 57.2 Å². The summed E-state index contributed by atoms with van der Waals surface area (Å²) in [6.45, 7) is 3.73. The summed E-state index contributed by atoms with van der Waals surface area (Å²) in [5.41, 5.74) is 3.72. The number of aliphatic hydroxyl groups is 1. The molecule has 0 spiro atoms. The van der Waals surface area contributed by atoms with Crippen molar-refractivity contribution >= 4 is 23.5 Å². The van der Waals surface area contributed by atoms with Crippen molar-refractivity contribution in [3.8, 4) is 0 Å². The van der Waals surface area contributed by atoms with Crippen LogP contribution in [0.3, 0.4) is 0 Å². The summed E-state index contributed by atoms with van der Waals surface area (Å²) in [6, 6.07) is 18.9. The average Bonchev–Trinajstić information content (AvgIpc) is 2.85. The van der Waals surface area contributed by atoms with E-state index in [1.807, 2.05) is 17.0 Å². The molecule has 172 valence electrons. The van der Waals surface area contributed by atoms with Gasteiger partial charge in [0.25, 0.3) is 0 Å². The van der Waals surface area contributed by atoms with Crippen LogP contribution in [-0.2, 0) is 13.0 Å². The van der Waals surface area contributed by atoms with Crippen molar-refractivity contribution in [3.63, 3.8) is 0 Å². The zero-order valence-electron chi connectivity index (χ0n) is 18.6. The predicted molar refractivity (Wildman–Crippen MR) is 131 cm³/mol. The molecule has 2 aliphatic rings. The molecule has 33 heavy (non-hydrogen) atoms. The van der Waals surface area contributed by atoms with E-state index in [0.29, 0.717) is 17.9 Å². The molecule has 0 bridgehead atoms. The van der Waals surface area contributed by atoms with Crippen molar-refractivity contribution in [2.45, 2.75) is 37.9 Å². The Morgan fingerprint density at radius 2 is 1.70 bits per heavy atom. The van der Waals surface area contributed by atoms with Crippen LogP contribution in [0.4, 0.5) is 11.9 Å². The number of aliphatic hydroxyl groups excluding tert-OH is 1. The Morgan fingerprint density at radius 3 is 2.48 bits per heavy atom. The lowest BCUT2D eigenvalue weighted by Gasteiger charge is -2.36. The number of halogens is 1. The van der Waals surface area contributed by atoms with E-state index >= 15 is 0 Å². The van der Waals surface area contributed by atoms with Crippen LogP contribution >= 0.6 is 11.6 Å². The molecular formula is C25H29ClN6O. The summed E-state index contributed by atoms with van der Waals surface area (Å²) in [5.74, 6) is 1.01. The number of hydrogen-bond donors (Lipinski definition) is 2. The van der Waals surface area contributed by atoms with Gasteiger partial charge in [-0.05, 0) is 47.6 Å². The number of aromatic nitrogens is 3.